The Morgan fingerprint density at radius 3 is 2.49 bits per heavy atom. The smallest absolute Gasteiger partial charge is 0.383 e. The van der Waals surface area contributed by atoms with Crippen molar-refractivity contribution in [2.45, 2.75) is 44.1 Å². The Hall–Kier alpha value is -4.04. The van der Waals surface area contributed by atoms with E-state index in [0.29, 0.717) is 29.0 Å². The van der Waals surface area contributed by atoms with Gasteiger partial charge in [-0.1, -0.05) is 31.2 Å². The monoisotopic (exact) mass is 633 g/mol. The summed E-state index contributed by atoms with van der Waals surface area (Å²) in [7, 11) is 0. The molecule has 1 aromatic carbocycles. The molecule has 3 heterocycles. The van der Waals surface area contributed by atoms with Gasteiger partial charge in [0.1, 0.15) is 12.1 Å². The molecule has 3 aromatic rings. The number of Topliss-reactive ketones (excluding diaryl/α,β-unsaturated/α-hetero) is 1. The van der Waals surface area contributed by atoms with Crippen LogP contribution in [0, 0.1) is 5.92 Å². The number of benzene rings is 1. The molecular formula is C31H33F6N7O. The van der Waals surface area contributed by atoms with Crippen molar-refractivity contribution in [3.8, 4) is 0 Å². The highest BCUT2D eigenvalue weighted by Crippen LogP contribution is 2.39. The van der Waals surface area contributed by atoms with Crippen molar-refractivity contribution in [2.24, 2.45) is 5.92 Å². The van der Waals surface area contributed by atoms with Crippen LogP contribution in [-0.4, -0.2) is 63.2 Å². The van der Waals surface area contributed by atoms with Crippen molar-refractivity contribution in [2.75, 3.05) is 38.5 Å². The zero-order valence-corrected chi connectivity index (χ0v) is 24.5. The molecule has 1 fully saturated rings. The molecule has 0 bridgehead atoms. The number of piperidine rings is 1. The van der Waals surface area contributed by atoms with E-state index < -0.39 is 41.4 Å². The molecule has 0 amide bonds. The first kappa shape index (κ1) is 32.4. The van der Waals surface area contributed by atoms with Crippen LogP contribution in [0.3, 0.4) is 0 Å². The Morgan fingerprint density at radius 2 is 1.84 bits per heavy atom. The van der Waals surface area contributed by atoms with Crippen LogP contribution in [0.25, 0.3) is 11.0 Å². The summed E-state index contributed by atoms with van der Waals surface area (Å²) in [5.74, 6) is -0.778. The van der Waals surface area contributed by atoms with Gasteiger partial charge in [0.05, 0.1) is 34.8 Å². The highest BCUT2D eigenvalue weighted by atomic mass is 19.4. The summed E-state index contributed by atoms with van der Waals surface area (Å²) in [6.07, 6.45) is 0.991. The van der Waals surface area contributed by atoms with Gasteiger partial charge in [-0.05, 0) is 49.1 Å². The number of fused-ring (bicyclic) bond motifs is 1. The fraction of sp³-hybridized carbons (Fsp3) is 0.419. The number of nitrogens with one attached hydrogen (secondary N) is 1. The van der Waals surface area contributed by atoms with Crippen molar-refractivity contribution in [3.63, 3.8) is 0 Å². The van der Waals surface area contributed by atoms with Crippen LogP contribution in [0.1, 0.15) is 58.9 Å². The Balaban J connectivity index is 1.29. The van der Waals surface area contributed by atoms with Crippen LogP contribution in [0.2, 0.25) is 0 Å². The van der Waals surface area contributed by atoms with Crippen LogP contribution >= 0.6 is 0 Å². The third-order valence-corrected chi connectivity index (χ3v) is 8.16. The van der Waals surface area contributed by atoms with E-state index in [1.165, 1.54) is 6.33 Å². The molecule has 0 spiro atoms. The van der Waals surface area contributed by atoms with E-state index in [0.717, 1.165) is 43.7 Å². The van der Waals surface area contributed by atoms with Gasteiger partial charge in [-0.3, -0.25) is 9.69 Å². The third-order valence-electron chi connectivity index (χ3n) is 8.16. The highest BCUT2D eigenvalue weighted by molar-refractivity contribution is 5.98. The van der Waals surface area contributed by atoms with Crippen LogP contribution in [0.15, 0.2) is 61.0 Å². The number of rotatable bonds is 9. The normalized spacial score (nSPS) is 21.2. The molecule has 3 atom stereocenters. The van der Waals surface area contributed by atoms with Crippen molar-refractivity contribution in [1.29, 1.82) is 0 Å². The summed E-state index contributed by atoms with van der Waals surface area (Å²) in [6, 6.07) is 0.978. The average molecular weight is 634 g/mol. The van der Waals surface area contributed by atoms with Crippen LogP contribution in [0.5, 0.6) is 0 Å². The second kappa shape index (κ2) is 12.8. The van der Waals surface area contributed by atoms with Gasteiger partial charge in [0, 0.05) is 31.1 Å². The largest absolute Gasteiger partial charge is 0.416 e. The number of nitrogen functional groups attached to an aromatic ring is 1. The van der Waals surface area contributed by atoms with E-state index in [-0.39, 0.29) is 30.5 Å². The van der Waals surface area contributed by atoms with E-state index in [2.05, 4.69) is 26.8 Å². The number of allylic oxidation sites excluding steroid dienone is 2. The van der Waals surface area contributed by atoms with Gasteiger partial charge < -0.3 is 11.1 Å². The number of anilines is 1. The third kappa shape index (κ3) is 7.12. The molecule has 0 radical (unpaired) electrons. The summed E-state index contributed by atoms with van der Waals surface area (Å²) in [5, 5.41) is 8.55. The maximum atomic E-state index is 13.2. The predicted octanol–water partition coefficient (Wildman–Crippen LogP) is 5.96. The maximum Gasteiger partial charge on any atom is 0.416 e. The number of likely N-dealkylation sites (tertiary alicyclic amines) is 1. The molecule has 1 aliphatic heterocycles. The molecule has 8 nitrogen and oxygen atoms in total. The Bertz CT molecular complexity index is 1610. The van der Waals surface area contributed by atoms with Gasteiger partial charge in [0.25, 0.3) is 0 Å². The van der Waals surface area contributed by atoms with Gasteiger partial charge in [-0.25, -0.2) is 14.6 Å². The average Bonchev–Trinajstić information content (AvgIpc) is 3.37. The Kier molecular flexibility index (Phi) is 9.17. The lowest BCUT2D eigenvalue weighted by atomic mass is 9.84. The number of hydrogen-bond donors (Lipinski definition) is 2. The number of nitrogens with two attached hydrogens (primary N) is 1. The number of carbonyl (C=O) groups is 1. The predicted molar refractivity (Wildman–Crippen MR) is 157 cm³/mol. The molecule has 2 aromatic heterocycles. The minimum absolute atomic E-state index is 0.00162. The number of ketones is 1. The number of hydrogen-bond acceptors (Lipinski definition) is 7. The van der Waals surface area contributed by atoms with Crippen LogP contribution in [-0.2, 0) is 12.4 Å². The number of halogens is 6. The van der Waals surface area contributed by atoms with Gasteiger partial charge in [0.2, 0.25) is 0 Å². The molecule has 1 aliphatic carbocycles. The Morgan fingerprint density at radius 1 is 1.13 bits per heavy atom. The topological polar surface area (TPSA) is 102 Å². The second-order valence-electron chi connectivity index (χ2n) is 11.4. The fourth-order valence-corrected chi connectivity index (χ4v) is 5.99. The van der Waals surface area contributed by atoms with Crippen molar-refractivity contribution >= 4 is 22.6 Å². The molecule has 240 valence electrons. The highest BCUT2D eigenvalue weighted by Gasteiger charge is 2.37. The first-order valence-electron chi connectivity index (χ1n) is 14.5. The minimum Gasteiger partial charge on any atom is -0.383 e. The Labute approximate surface area is 255 Å². The van der Waals surface area contributed by atoms with E-state index in [1.807, 2.05) is 35.9 Å². The SMILES string of the molecule is C=CCN1CCC[C@@H](n2nc(C3C=CC(CNCC(=O)c4cc(C(F)(F)F)cc(C(F)(F)F)c4)=CC3C)c3c(N)ncnc32)C1. The molecule has 1 saturated heterocycles. The molecular weight excluding hydrogens is 600 g/mol. The molecule has 3 N–H and O–H groups in total. The van der Waals surface area contributed by atoms with Gasteiger partial charge in [0.15, 0.2) is 11.4 Å². The fourth-order valence-electron chi connectivity index (χ4n) is 5.99. The van der Waals surface area contributed by atoms with E-state index in [9.17, 15) is 31.1 Å². The quantitative estimate of drug-likeness (QED) is 0.170. The lowest BCUT2D eigenvalue weighted by Crippen LogP contribution is -2.37. The summed E-state index contributed by atoms with van der Waals surface area (Å²) >= 11 is 0. The standard InChI is InChI=1S/C31H33F6N7O/c1-3-8-43-9-4-5-23(16-43)44-29-26(28(38)40-17-41-29)27(42-44)24-7-6-19(10-18(24)2)14-39-15-25(45)20-11-21(30(32,33)34)13-22(12-20)31(35,36)37/h3,6-7,10-13,17-18,23-24,39H,1,4-5,8-9,14-16H2,2H3,(H2,38,40,41)/t18?,23-,24?/m1/s1. The second-order valence-corrected chi connectivity index (χ2v) is 11.4. The molecule has 2 unspecified atom stereocenters. The van der Waals surface area contributed by atoms with E-state index >= 15 is 0 Å². The van der Waals surface area contributed by atoms with Crippen LogP contribution < -0.4 is 11.1 Å². The van der Waals surface area contributed by atoms with Gasteiger partial charge >= 0.3 is 12.4 Å². The zero-order chi connectivity index (χ0) is 32.5. The summed E-state index contributed by atoms with van der Waals surface area (Å²) in [6.45, 7) is 8.13. The minimum atomic E-state index is -5.03. The number of nitrogens with zero attached hydrogens (tertiary/aromatic N) is 5. The van der Waals surface area contributed by atoms with Crippen molar-refractivity contribution < 1.29 is 31.1 Å². The van der Waals surface area contributed by atoms with Crippen molar-refractivity contribution in [1.82, 2.24) is 30.0 Å². The summed E-state index contributed by atoms with van der Waals surface area (Å²) < 4.78 is 81.1. The summed E-state index contributed by atoms with van der Waals surface area (Å²) in [4.78, 5) is 23.7. The lowest BCUT2D eigenvalue weighted by Gasteiger charge is -2.32. The number of alkyl halides is 6. The van der Waals surface area contributed by atoms with E-state index in [4.69, 9.17) is 10.8 Å². The van der Waals surface area contributed by atoms with Crippen LogP contribution in [0.4, 0.5) is 32.2 Å². The van der Waals surface area contributed by atoms with Gasteiger partial charge in [-0.2, -0.15) is 31.4 Å². The summed E-state index contributed by atoms with van der Waals surface area (Å²) in [5.41, 5.74) is 4.81. The molecule has 45 heavy (non-hydrogen) atoms. The van der Waals surface area contributed by atoms with Gasteiger partial charge in [-0.15, -0.1) is 6.58 Å². The molecule has 14 heteroatoms. The first-order chi connectivity index (χ1) is 21.3. The zero-order valence-electron chi connectivity index (χ0n) is 24.5. The number of aromatic nitrogens is 4. The van der Waals surface area contributed by atoms with E-state index in [1.54, 1.807) is 0 Å². The number of carbonyl (C=O) groups excluding carboxylic acids is 1. The van der Waals surface area contributed by atoms with Crippen molar-refractivity contribution in [3.05, 3.63) is 83.4 Å². The maximum absolute atomic E-state index is 13.2. The lowest BCUT2D eigenvalue weighted by molar-refractivity contribution is -0.143. The molecule has 0 saturated carbocycles. The molecule has 5 rings (SSSR count). The first-order valence-corrected chi connectivity index (χ1v) is 14.5. The molecule has 2 aliphatic rings.